The number of carbonyl (C=O) groups excluding carboxylic acids is 1. The van der Waals surface area contributed by atoms with E-state index in [0.717, 1.165) is 31.5 Å². The largest absolute Gasteiger partial charge is 0.394 e. The quantitative estimate of drug-likeness (QED) is 0.760. The Morgan fingerprint density at radius 1 is 1.50 bits per heavy atom. The second-order valence-corrected chi connectivity index (χ2v) is 7.01. The van der Waals surface area contributed by atoms with Gasteiger partial charge in [0.05, 0.1) is 16.8 Å². The molecule has 1 fully saturated rings. The molecule has 2 atom stereocenters. The molecule has 0 saturated carbocycles. The first kappa shape index (κ1) is 18.4. The molecule has 4 N–H and O–H groups in total. The molecule has 2 aromatic rings. The molecule has 0 radical (unpaired) electrons. The zero-order chi connectivity index (χ0) is 18.7. The Labute approximate surface area is 156 Å². The fraction of sp³-hybridized carbons (Fsp3) is 0.389. The van der Waals surface area contributed by atoms with Crippen molar-refractivity contribution in [3.05, 3.63) is 51.5 Å². The van der Waals surface area contributed by atoms with E-state index in [0.29, 0.717) is 10.8 Å². The number of nitrogens with two attached hydrogens (primary N) is 1. The van der Waals surface area contributed by atoms with Gasteiger partial charge in [0, 0.05) is 18.9 Å². The minimum Gasteiger partial charge on any atom is -0.394 e. The number of halogens is 1. The first-order valence-corrected chi connectivity index (χ1v) is 8.96. The molecule has 1 saturated heterocycles. The highest BCUT2D eigenvalue weighted by molar-refractivity contribution is 6.30. The lowest BCUT2D eigenvalue weighted by Crippen LogP contribution is -2.46. The summed E-state index contributed by atoms with van der Waals surface area (Å²) < 4.78 is 0. The summed E-state index contributed by atoms with van der Waals surface area (Å²) in [6, 6.07) is 4.80. The van der Waals surface area contributed by atoms with Gasteiger partial charge in [0.15, 0.2) is 0 Å². The van der Waals surface area contributed by atoms with Crippen LogP contribution in [0.25, 0.3) is 0 Å². The van der Waals surface area contributed by atoms with Gasteiger partial charge in [0.25, 0.3) is 5.56 Å². The van der Waals surface area contributed by atoms with E-state index < -0.39 is 0 Å². The maximum Gasteiger partial charge on any atom is 0.271 e. The molecule has 138 valence electrons. The highest BCUT2D eigenvalue weighted by atomic mass is 35.5. The van der Waals surface area contributed by atoms with Crippen molar-refractivity contribution in [1.82, 2.24) is 14.9 Å². The molecule has 26 heavy (non-hydrogen) atoms. The Hall–Kier alpha value is -2.38. The number of nitrogen functional groups attached to an aromatic ring is 1. The first-order chi connectivity index (χ1) is 12.4. The average molecular weight is 376 g/mol. The summed E-state index contributed by atoms with van der Waals surface area (Å²) >= 11 is 5.81. The van der Waals surface area contributed by atoms with E-state index in [9.17, 15) is 9.59 Å². The summed E-state index contributed by atoms with van der Waals surface area (Å²) in [5, 5.41) is 3.34. The van der Waals surface area contributed by atoms with Crippen LogP contribution in [0.3, 0.4) is 0 Å². The molecule has 0 bridgehead atoms. The minimum absolute atomic E-state index is 0.110. The van der Waals surface area contributed by atoms with E-state index in [4.69, 9.17) is 17.3 Å². The number of carbonyl (C=O) groups is 1. The van der Waals surface area contributed by atoms with Crippen molar-refractivity contribution in [2.45, 2.75) is 31.7 Å². The Kier molecular flexibility index (Phi) is 5.58. The SMILES string of the molecule is C[C@@H](C(=O)Nc1ccc(Cl)cn1)N1CCC[C@@H](c2c[nH]c(=O)c(N)c2)C1. The number of amides is 1. The number of nitrogens with zero attached hydrogens (tertiary/aromatic N) is 2. The Morgan fingerprint density at radius 3 is 3.00 bits per heavy atom. The summed E-state index contributed by atoms with van der Waals surface area (Å²) in [4.78, 5) is 32.9. The van der Waals surface area contributed by atoms with Crippen LogP contribution in [0.1, 0.15) is 31.2 Å². The van der Waals surface area contributed by atoms with Gasteiger partial charge in [-0.3, -0.25) is 14.5 Å². The third-order valence-electron chi connectivity index (χ3n) is 4.78. The summed E-state index contributed by atoms with van der Waals surface area (Å²) in [5.41, 5.74) is 6.68. The number of aromatic amines is 1. The molecule has 3 heterocycles. The van der Waals surface area contributed by atoms with E-state index in [1.54, 1.807) is 24.4 Å². The Balaban J connectivity index is 1.66. The average Bonchev–Trinajstić information content (AvgIpc) is 2.65. The van der Waals surface area contributed by atoms with Gasteiger partial charge in [-0.2, -0.15) is 0 Å². The maximum atomic E-state index is 12.5. The predicted octanol–water partition coefficient (Wildman–Crippen LogP) is 2.21. The van der Waals surface area contributed by atoms with Crippen LogP contribution in [0.15, 0.2) is 35.4 Å². The van der Waals surface area contributed by atoms with Gasteiger partial charge in [0.2, 0.25) is 5.91 Å². The van der Waals surface area contributed by atoms with Gasteiger partial charge in [0.1, 0.15) is 5.82 Å². The summed E-state index contributed by atoms with van der Waals surface area (Å²) in [6.07, 6.45) is 5.18. The van der Waals surface area contributed by atoms with E-state index in [-0.39, 0.29) is 29.1 Å². The molecule has 2 aromatic heterocycles. The van der Waals surface area contributed by atoms with E-state index in [1.807, 2.05) is 6.92 Å². The Morgan fingerprint density at radius 2 is 2.31 bits per heavy atom. The first-order valence-electron chi connectivity index (χ1n) is 8.58. The number of piperidine rings is 1. The van der Waals surface area contributed by atoms with Crippen LogP contribution in [-0.2, 0) is 4.79 Å². The van der Waals surface area contributed by atoms with Crippen LogP contribution >= 0.6 is 11.6 Å². The second-order valence-electron chi connectivity index (χ2n) is 6.58. The fourth-order valence-corrected chi connectivity index (χ4v) is 3.34. The van der Waals surface area contributed by atoms with Crippen LogP contribution in [0, 0.1) is 0 Å². The van der Waals surface area contributed by atoms with Crippen LogP contribution < -0.4 is 16.6 Å². The molecule has 1 aliphatic rings. The van der Waals surface area contributed by atoms with Crippen LogP contribution in [0.4, 0.5) is 11.5 Å². The molecule has 0 unspecified atom stereocenters. The number of hydrogen-bond acceptors (Lipinski definition) is 5. The zero-order valence-electron chi connectivity index (χ0n) is 14.5. The predicted molar refractivity (Wildman–Crippen MR) is 102 cm³/mol. The molecule has 1 aliphatic heterocycles. The van der Waals surface area contributed by atoms with Gasteiger partial charge in [-0.05, 0) is 56.0 Å². The number of anilines is 2. The van der Waals surface area contributed by atoms with Crippen LogP contribution in [0.2, 0.25) is 5.02 Å². The zero-order valence-corrected chi connectivity index (χ0v) is 15.3. The molecule has 0 spiro atoms. The number of likely N-dealkylation sites (tertiary alicyclic amines) is 1. The second kappa shape index (κ2) is 7.88. The van der Waals surface area contributed by atoms with Gasteiger partial charge in [-0.1, -0.05) is 11.6 Å². The lowest BCUT2D eigenvalue weighted by atomic mass is 9.90. The summed E-state index contributed by atoms with van der Waals surface area (Å²) in [5.74, 6) is 0.599. The van der Waals surface area contributed by atoms with Crippen molar-refractivity contribution in [2.24, 2.45) is 0 Å². The van der Waals surface area contributed by atoms with Gasteiger partial charge in [-0.25, -0.2) is 4.98 Å². The number of aromatic nitrogens is 2. The van der Waals surface area contributed by atoms with Gasteiger partial charge < -0.3 is 16.0 Å². The van der Waals surface area contributed by atoms with Crippen LogP contribution in [0.5, 0.6) is 0 Å². The number of H-pyrrole nitrogens is 1. The third-order valence-corrected chi connectivity index (χ3v) is 5.01. The maximum absolute atomic E-state index is 12.5. The molecule has 0 aromatic carbocycles. The smallest absolute Gasteiger partial charge is 0.271 e. The molecule has 7 nitrogen and oxygen atoms in total. The number of hydrogen-bond donors (Lipinski definition) is 3. The number of pyridine rings is 2. The molecular weight excluding hydrogens is 354 g/mol. The molecule has 8 heteroatoms. The minimum atomic E-state index is -0.296. The lowest BCUT2D eigenvalue weighted by molar-refractivity contribution is -0.121. The monoisotopic (exact) mass is 375 g/mol. The van der Waals surface area contributed by atoms with Crippen LogP contribution in [-0.4, -0.2) is 39.9 Å². The highest BCUT2D eigenvalue weighted by Crippen LogP contribution is 2.28. The molecule has 0 aliphatic carbocycles. The van der Waals surface area contributed by atoms with E-state index in [1.165, 1.54) is 6.20 Å². The van der Waals surface area contributed by atoms with Crippen molar-refractivity contribution < 1.29 is 4.79 Å². The van der Waals surface area contributed by atoms with Crippen molar-refractivity contribution >= 4 is 29.0 Å². The normalized spacial score (nSPS) is 19.1. The summed E-state index contributed by atoms with van der Waals surface area (Å²) in [6.45, 7) is 3.46. The number of nitrogens with one attached hydrogen (secondary N) is 2. The molecule has 1 amide bonds. The van der Waals surface area contributed by atoms with E-state index >= 15 is 0 Å². The highest BCUT2D eigenvalue weighted by Gasteiger charge is 2.28. The van der Waals surface area contributed by atoms with E-state index in [2.05, 4.69) is 20.2 Å². The standard InChI is InChI=1S/C18H22ClN5O2/c1-11(17(25)23-16-5-4-14(19)9-21-16)24-6-2-3-12(10-24)13-7-15(20)18(26)22-8-13/h4-5,7-9,11-12H,2-3,6,10,20H2,1H3,(H,22,26)(H,21,23,25)/t11-,12+/m0/s1. The fourth-order valence-electron chi connectivity index (χ4n) is 3.23. The topological polar surface area (TPSA) is 104 Å². The van der Waals surface area contributed by atoms with Crippen molar-refractivity contribution in [1.29, 1.82) is 0 Å². The molecule has 3 rings (SSSR count). The van der Waals surface area contributed by atoms with Crippen molar-refractivity contribution in [3.63, 3.8) is 0 Å². The third kappa shape index (κ3) is 4.23. The van der Waals surface area contributed by atoms with Gasteiger partial charge >= 0.3 is 0 Å². The van der Waals surface area contributed by atoms with Gasteiger partial charge in [-0.15, -0.1) is 0 Å². The van der Waals surface area contributed by atoms with Crippen molar-refractivity contribution in [2.75, 3.05) is 24.1 Å². The van der Waals surface area contributed by atoms with Crippen molar-refractivity contribution in [3.8, 4) is 0 Å². The Bertz CT molecular complexity index is 836. The lowest BCUT2D eigenvalue weighted by Gasteiger charge is -2.36. The number of rotatable bonds is 4. The summed E-state index contributed by atoms with van der Waals surface area (Å²) in [7, 11) is 0. The molecular formula is C18H22ClN5O2.